The van der Waals surface area contributed by atoms with E-state index in [0.717, 1.165) is 40.9 Å². The molecule has 0 saturated heterocycles. The van der Waals surface area contributed by atoms with Crippen LogP contribution in [0.5, 0.6) is 0 Å². The number of aryl methyl sites for hydroxylation is 1. The van der Waals surface area contributed by atoms with Gasteiger partial charge in [0.2, 0.25) is 0 Å². The number of rotatable bonds is 14. The van der Waals surface area contributed by atoms with E-state index in [1.54, 1.807) is 7.11 Å². The minimum Gasteiger partial charge on any atom is -0.494 e. The molecule has 0 aliphatic carbocycles. The smallest absolute Gasteiger partial charge is 0.146 e. The van der Waals surface area contributed by atoms with Gasteiger partial charge in [-0.05, 0) is 43.0 Å². The first-order valence-corrected chi connectivity index (χ1v) is 12.5. The number of allylic oxidation sites excluding steroid dienone is 1. The Kier molecular flexibility index (Phi) is 9.73. The normalized spacial score (nSPS) is 15.0. The molecule has 174 valence electrons. The van der Waals surface area contributed by atoms with Crippen molar-refractivity contribution in [2.75, 3.05) is 7.11 Å². The van der Waals surface area contributed by atoms with Gasteiger partial charge < -0.3 is 14.7 Å². The topological polar surface area (TPSA) is 53.2 Å². The minimum atomic E-state index is 0.657. The molecule has 0 spiro atoms. The highest BCUT2D eigenvalue weighted by molar-refractivity contribution is 6.35. The third-order valence-corrected chi connectivity index (χ3v) is 6.29. The van der Waals surface area contributed by atoms with Crippen molar-refractivity contribution >= 4 is 23.4 Å². The molecule has 1 aliphatic rings. The van der Waals surface area contributed by atoms with E-state index in [4.69, 9.17) is 21.3 Å². The van der Waals surface area contributed by atoms with Gasteiger partial charge in [0, 0.05) is 23.7 Å². The molecule has 2 aromatic heterocycles. The second-order valence-electron chi connectivity index (χ2n) is 9.14. The van der Waals surface area contributed by atoms with Gasteiger partial charge in [-0.25, -0.2) is 4.99 Å². The Morgan fingerprint density at radius 2 is 1.72 bits per heavy atom. The standard InChI is InChI=1S/C27H38ClN3O/c1-20(2)12-10-8-6-4-5-7-9-11-13-21-14-15-22(30-21)18-24-26(32-3)19-25(31-24)27-23(28)16-17-29-27/h14-20,29-30H,4-13H2,1-3H3/b24-18-. The van der Waals surface area contributed by atoms with Gasteiger partial charge in [-0.15, -0.1) is 0 Å². The van der Waals surface area contributed by atoms with Gasteiger partial charge in [-0.2, -0.15) is 0 Å². The number of unbranched alkanes of at least 4 members (excludes halogenated alkanes) is 7. The summed E-state index contributed by atoms with van der Waals surface area (Å²) in [6, 6.07) is 6.12. The summed E-state index contributed by atoms with van der Waals surface area (Å²) in [5, 5.41) is 0.657. The second kappa shape index (κ2) is 12.7. The fourth-order valence-electron chi connectivity index (χ4n) is 4.12. The predicted octanol–water partition coefficient (Wildman–Crippen LogP) is 8.08. The van der Waals surface area contributed by atoms with Crippen LogP contribution >= 0.6 is 11.6 Å². The summed E-state index contributed by atoms with van der Waals surface area (Å²) in [6.45, 7) is 4.63. The van der Waals surface area contributed by atoms with Crippen LogP contribution in [-0.4, -0.2) is 22.8 Å². The van der Waals surface area contributed by atoms with E-state index >= 15 is 0 Å². The molecule has 32 heavy (non-hydrogen) atoms. The summed E-state index contributed by atoms with van der Waals surface area (Å²) in [5.41, 5.74) is 4.72. The molecule has 0 amide bonds. The van der Waals surface area contributed by atoms with E-state index in [2.05, 4.69) is 35.9 Å². The maximum Gasteiger partial charge on any atom is 0.146 e. The zero-order valence-electron chi connectivity index (χ0n) is 19.8. The number of nitrogens with zero attached hydrogens (tertiary/aromatic N) is 1. The molecule has 2 N–H and O–H groups in total. The summed E-state index contributed by atoms with van der Waals surface area (Å²) in [7, 11) is 1.67. The molecule has 3 rings (SSSR count). The number of H-pyrrole nitrogens is 2. The Balaban J connectivity index is 1.40. The average molecular weight is 456 g/mol. The Morgan fingerprint density at radius 1 is 1.00 bits per heavy atom. The van der Waals surface area contributed by atoms with Crippen LogP contribution in [0.15, 0.2) is 46.9 Å². The molecule has 0 bridgehead atoms. The molecule has 0 aromatic carbocycles. The average Bonchev–Trinajstić information content (AvgIpc) is 3.49. The van der Waals surface area contributed by atoms with Crippen molar-refractivity contribution in [1.29, 1.82) is 0 Å². The first-order chi connectivity index (χ1) is 15.6. The largest absolute Gasteiger partial charge is 0.494 e. The van der Waals surface area contributed by atoms with E-state index in [1.807, 2.05) is 24.4 Å². The van der Waals surface area contributed by atoms with Crippen molar-refractivity contribution in [2.24, 2.45) is 10.9 Å². The third-order valence-electron chi connectivity index (χ3n) is 5.97. The zero-order valence-corrected chi connectivity index (χ0v) is 20.6. The van der Waals surface area contributed by atoms with E-state index < -0.39 is 0 Å². The van der Waals surface area contributed by atoms with Crippen molar-refractivity contribution in [2.45, 2.75) is 78.1 Å². The zero-order chi connectivity index (χ0) is 22.8. The predicted molar refractivity (Wildman–Crippen MR) is 136 cm³/mol. The van der Waals surface area contributed by atoms with Gasteiger partial charge in [-0.1, -0.05) is 76.8 Å². The van der Waals surface area contributed by atoms with Crippen molar-refractivity contribution in [1.82, 2.24) is 9.97 Å². The number of aromatic nitrogens is 2. The van der Waals surface area contributed by atoms with E-state index in [0.29, 0.717) is 5.02 Å². The lowest BCUT2D eigenvalue weighted by molar-refractivity contribution is 0.303. The maximum absolute atomic E-state index is 6.23. The van der Waals surface area contributed by atoms with Crippen LogP contribution in [0.1, 0.15) is 88.7 Å². The van der Waals surface area contributed by atoms with Crippen LogP contribution in [0, 0.1) is 5.92 Å². The highest BCUT2D eigenvalue weighted by Crippen LogP contribution is 2.27. The number of hydrogen-bond donors (Lipinski definition) is 2. The van der Waals surface area contributed by atoms with Gasteiger partial charge in [-0.3, -0.25) is 0 Å². The molecule has 0 radical (unpaired) electrons. The molecule has 5 heteroatoms. The minimum absolute atomic E-state index is 0.657. The van der Waals surface area contributed by atoms with Crippen LogP contribution in [0.25, 0.3) is 6.08 Å². The number of halogens is 1. The van der Waals surface area contributed by atoms with Crippen molar-refractivity contribution in [3.63, 3.8) is 0 Å². The third kappa shape index (κ3) is 7.44. The van der Waals surface area contributed by atoms with E-state index in [-0.39, 0.29) is 0 Å². The molecule has 2 aromatic rings. The van der Waals surface area contributed by atoms with E-state index in [9.17, 15) is 0 Å². The van der Waals surface area contributed by atoms with Gasteiger partial charge >= 0.3 is 0 Å². The van der Waals surface area contributed by atoms with Crippen LogP contribution in [0.4, 0.5) is 0 Å². The highest BCUT2D eigenvalue weighted by atomic mass is 35.5. The Hall–Kier alpha value is -2.20. The Morgan fingerprint density at radius 3 is 2.38 bits per heavy atom. The number of methoxy groups -OCH3 is 1. The summed E-state index contributed by atoms with van der Waals surface area (Å²) >= 11 is 6.23. The summed E-state index contributed by atoms with van der Waals surface area (Å²) in [6.07, 6.45) is 19.1. The second-order valence-corrected chi connectivity index (χ2v) is 9.55. The monoisotopic (exact) mass is 455 g/mol. The number of aliphatic imine (C=N–C) groups is 1. The van der Waals surface area contributed by atoms with Crippen LogP contribution in [-0.2, 0) is 11.2 Å². The lowest BCUT2D eigenvalue weighted by atomic mass is 10.0. The van der Waals surface area contributed by atoms with Gasteiger partial charge in [0.15, 0.2) is 0 Å². The first-order valence-electron chi connectivity index (χ1n) is 12.1. The van der Waals surface area contributed by atoms with E-state index in [1.165, 1.54) is 63.5 Å². The van der Waals surface area contributed by atoms with Gasteiger partial charge in [0.1, 0.15) is 11.5 Å². The summed E-state index contributed by atoms with van der Waals surface area (Å²) in [4.78, 5) is 11.4. The van der Waals surface area contributed by atoms with Crippen LogP contribution in [0.3, 0.4) is 0 Å². The molecule has 0 saturated carbocycles. The van der Waals surface area contributed by atoms with Crippen LogP contribution < -0.4 is 0 Å². The number of aromatic amines is 2. The van der Waals surface area contributed by atoms with Gasteiger partial charge in [0.25, 0.3) is 0 Å². The molecule has 3 heterocycles. The van der Waals surface area contributed by atoms with Crippen molar-refractivity contribution < 1.29 is 4.74 Å². The number of hydrogen-bond acceptors (Lipinski definition) is 2. The maximum atomic E-state index is 6.23. The fraction of sp³-hybridized carbons (Fsp3) is 0.519. The highest BCUT2D eigenvalue weighted by Gasteiger charge is 2.19. The van der Waals surface area contributed by atoms with Crippen molar-refractivity contribution in [3.05, 3.63) is 64.0 Å². The first kappa shape index (κ1) is 24.4. The Labute approximate surface area is 198 Å². The lowest BCUT2D eigenvalue weighted by Crippen LogP contribution is -1.94. The SMILES string of the molecule is COC1=CC(c2[nH]ccc2Cl)=N/C1=C\c1ccc(CCCCCCCCCCC(C)C)[nH]1. The molecule has 4 nitrogen and oxygen atoms in total. The van der Waals surface area contributed by atoms with Crippen LogP contribution in [0.2, 0.25) is 5.02 Å². The van der Waals surface area contributed by atoms with Crippen molar-refractivity contribution in [3.8, 4) is 0 Å². The number of ether oxygens (including phenoxy) is 1. The molecular formula is C27H38ClN3O. The Bertz CT molecular complexity index is 932. The molecule has 0 fully saturated rings. The number of nitrogens with one attached hydrogen (secondary N) is 2. The molecule has 0 atom stereocenters. The molecule has 1 aliphatic heterocycles. The summed E-state index contributed by atoms with van der Waals surface area (Å²) in [5.74, 6) is 1.59. The quantitative estimate of drug-likeness (QED) is 0.278. The fourth-order valence-corrected chi connectivity index (χ4v) is 4.34. The van der Waals surface area contributed by atoms with Gasteiger partial charge in [0.05, 0.1) is 23.5 Å². The molecule has 0 unspecified atom stereocenters. The molecular weight excluding hydrogens is 418 g/mol. The summed E-state index contributed by atoms with van der Waals surface area (Å²) < 4.78 is 5.52. The lowest BCUT2D eigenvalue weighted by Gasteiger charge is -2.04.